The summed E-state index contributed by atoms with van der Waals surface area (Å²) in [7, 11) is 0. The fourth-order valence-corrected chi connectivity index (χ4v) is 2.53. The van der Waals surface area contributed by atoms with Gasteiger partial charge in [0, 0.05) is 16.7 Å². The van der Waals surface area contributed by atoms with Crippen LogP contribution in [0.1, 0.15) is 34.0 Å². The Kier molecular flexibility index (Phi) is 3.26. The van der Waals surface area contributed by atoms with Crippen LogP contribution in [0.4, 0.5) is 0 Å². The van der Waals surface area contributed by atoms with E-state index in [4.69, 9.17) is 0 Å². The molecule has 2 aromatic carbocycles. The molecule has 0 spiro atoms. The molecule has 0 saturated heterocycles. The largest absolute Gasteiger partial charge is 0.297 e. The topological polar surface area (TPSA) is 46.5 Å². The van der Waals surface area contributed by atoms with Gasteiger partial charge in [0.25, 0.3) is 0 Å². The molecular formula is C18H15NO2. The Morgan fingerprint density at radius 3 is 2.24 bits per heavy atom. The third-order valence-electron chi connectivity index (χ3n) is 3.66. The van der Waals surface area contributed by atoms with Crippen LogP contribution in [0.5, 0.6) is 0 Å². The van der Waals surface area contributed by atoms with Gasteiger partial charge in [0.2, 0.25) is 0 Å². The molecule has 104 valence electrons. The summed E-state index contributed by atoms with van der Waals surface area (Å²) in [6.07, 6.45) is 0. The van der Waals surface area contributed by atoms with E-state index in [0.717, 1.165) is 16.7 Å². The first-order valence-corrected chi connectivity index (χ1v) is 6.87. The van der Waals surface area contributed by atoms with Crippen LogP contribution in [-0.4, -0.2) is 23.3 Å². The van der Waals surface area contributed by atoms with E-state index in [-0.39, 0.29) is 11.6 Å². The van der Waals surface area contributed by atoms with Gasteiger partial charge in [0.1, 0.15) is 0 Å². The molecule has 0 N–H and O–H groups in total. The highest BCUT2D eigenvalue weighted by Crippen LogP contribution is 2.24. The number of aliphatic imine (C=N–C) groups is 1. The monoisotopic (exact) mass is 277 g/mol. The van der Waals surface area contributed by atoms with Gasteiger partial charge in [-0.3, -0.25) is 14.6 Å². The highest BCUT2D eigenvalue weighted by Gasteiger charge is 2.32. The van der Waals surface area contributed by atoms with Crippen LogP contribution < -0.4 is 0 Å². The molecule has 3 nitrogen and oxygen atoms in total. The first-order chi connectivity index (χ1) is 10.1. The van der Waals surface area contributed by atoms with Crippen LogP contribution in [0.25, 0.3) is 0 Å². The van der Waals surface area contributed by atoms with Gasteiger partial charge >= 0.3 is 0 Å². The summed E-state index contributed by atoms with van der Waals surface area (Å²) < 4.78 is 0. The van der Waals surface area contributed by atoms with Gasteiger partial charge in [-0.15, -0.1) is 0 Å². The number of carbonyl (C=O) groups is 2. The zero-order valence-electron chi connectivity index (χ0n) is 12.0. The molecule has 1 heterocycles. The van der Waals surface area contributed by atoms with E-state index in [0.29, 0.717) is 11.3 Å². The van der Waals surface area contributed by atoms with Crippen molar-refractivity contribution in [3.63, 3.8) is 0 Å². The minimum Gasteiger partial charge on any atom is -0.297 e. The minimum absolute atomic E-state index is 0.214. The van der Waals surface area contributed by atoms with E-state index < -0.39 is 6.04 Å². The van der Waals surface area contributed by atoms with Crippen molar-refractivity contribution in [2.45, 2.75) is 19.9 Å². The number of carbonyl (C=O) groups excluding carboxylic acids is 2. The second-order valence-corrected chi connectivity index (χ2v) is 5.27. The van der Waals surface area contributed by atoms with E-state index in [9.17, 15) is 9.59 Å². The van der Waals surface area contributed by atoms with E-state index in [1.165, 1.54) is 6.92 Å². The molecule has 0 radical (unpaired) electrons. The Morgan fingerprint density at radius 1 is 1.00 bits per heavy atom. The highest BCUT2D eigenvalue weighted by molar-refractivity contribution is 6.27. The molecule has 1 aliphatic heterocycles. The number of aryl methyl sites for hydroxylation is 1. The lowest BCUT2D eigenvalue weighted by Gasteiger charge is -2.21. The number of rotatable bonds is 2. The maximum atomic E-state index is 12.4. The molecule has 0 aromatic heterocycles. The molecule has 3 rings (SSSR count). The van der Waals surface area contributed by atoms with Crippen molar-refractivity contribution in [1.29, 1.82) is 0 Å². The molecule has 1 atom stereocenters. The second kappa shape index (κ2) is 5.09. The third-order valence-corrected chi connectivity index (χ3v) is 3.66. The minimum atomic E-state index is -0.920. The fourth-order valence-electron chi connectivity index (χ4n) is 2.53. The first-order valence-electron chi connectivity index (χ1n) is 6.87. The van der Waals surface area contributed by atoms with Crippen molar-refractivity contribution >= 4 is 17.3 Å². The molecule has 0 amide bonds. The average molecular weight is 277 g/mol. The van der Waals surface area contributed by atoms with Gasteiger partial charge in [-0.05, 0) is 13.8 Å². The summed E-state index contributed by atoms with van der Waals surface area (Å²) in [4.78, 5) is 28.5. The van der Waals surface area contributed by atoms with Crippen LogP contribution >= 0.6 is 0 Å². The second-order valence-electron chi connectivity index (χ2n) is 5.27. The van der Waals surface area contributed by atoms with E-state index in [1.54, 1.807) is 6.07 Å². The lowest BCUT2D eigenvalue weighted by atomic mass is 9.88. The number of nitrogens with zero attached hydrogens (tertiary/aromatic N) is 1. The van der Waals surface area contributed by atoms with Crippen LogP contribution in [0, 0.1) is 6.92 Å². The lowest BCUT2D eigenvalue weighted by Crippen LogP contribution is -2.33. The summed E-state index contributed by atoms with van der Waals surface area (Å²) in [5, 5.41) is 0. The van der Waals surface area contributed by atoms with E-state index in [1.807, 2.05) is 49.4 Å². The van der Waals surface area contributed by atoms with Crippen molar-refractivity contribution in [3.05, 3.63) is 70.8 Å². The van der Waals surface area contributed by atoms with Crippen LogP contribution in [0.15, 0.2) is 53.5 Å². The van der Waals surface area contributed by atoms with Crippen molar-refractivity contribution in [3.8, 4) is 0 Å². The Hall–Kier alpha value is -2.55. The summed E-state index contributed by atoms with van der Waals surface area (Å²) in [6, 6.07) is 14.3. The molecule has 0 aliphatic carbocycles. The molecule has 0 fully saturated rings. The maximum Gasteiger partial charge on any atom is 0.195 e. The predicted molar refractivity (Wildman–Crippen MR) is 82.1 cm³/mol. The van der Waals surface area contributed by atoms with Crippen LogP contribution in [0.2, 0.25) is 0 Å². The summed E-state index contributed by atoms with van der Waals surface area (Å²) in [5.41, 5.74) is 4.16. The van der Waals surface area contributed by atoms with Gasteiger partial charge in [-0.25, -0.2) is 0 Å². The number of benzene rings is 2. The third kappa shape index (κ3) is 2.31. The molecule has 21 heavy (non-hydrogen) atoms. The first kappa shape index (κ1) is 13.4. The van der Waals surface area contributed by atoms with Gasteiger partial charge < -0.3 is 0 Å². The van der Waals surface area contributed by atoms with Crippen LogP contribution in [-0.2, 0) is 4.79 Å². The van der Waals surface area contributed by atoms with Crippen molar-refractivity contribution in [2.75, 3.05) is 0 Å². The number of hydrogen-bond acceptors (Lipinski definition) is 3. The fraction of sp³-hybridized carbons (Fsp3) is 0.167. The summed E-state index contributed by atoms with van der Waals surface area (Å²) in [5.74, 6) is -0.437. The zero-order valence-corrected chi connectivity index (χ0v) is 12.0. The van der Waals surface area contributed by atoms with Gasteiger partial charge in [0.05, 0.1) is 5.71 Å². The Balaban J connectivity index is 2.21. The Bertz CT molecular complexity index is 757. The number of Topliss-reactive ketones (excluding diaryl/α,β-unsaturated/α-hetero) is 2. The quantitative estimate of drug-likeness (QED) is 0.792. The SMILES string of the molecule is CC(=O)C1N=C(c2ccc(C)cc2)c2ccccc2C1=O. The number of fused-ring (bicyclic) bond motifs is 1. The zero-order chi connectivity index (χ0) is 15.0. The normalized spacial score (nSPS) is 17.1. The maximum absolute atomic E-state index is 12.4. The van der Waals surface area contributed by atoms with Gasteiger partial charge in [0.15, 0.2) is 17.6 Å². The summed E-state index contributed by atoms with van der Waals surface area (Å²) in [6.45, 7) is 3.43. The smallest absolute Gasteiger partial charge is 0.195 e. The lowest BCUT2D eigenvalue weighted by molar-refractivity contribution is -0.117. The number of ketones is 2. The molecule has 3 heteroatoms. The van der Waals surface area contributed by atoms with Crippen molar-refractivity contribution < 1.29 is 9.59 Å². The molecule has 1 unspecified atom stereocenters. The Labute approximate surface area is 123 Å². The summed E-state index contributed by atoms with van der Waals surface area (Å²) >= 11 is 0. The molecule has 0 saturated carbocycles. The number of hydrogen-bond donors (Lipinski definition) is 0. The van der Waals surface area contributed by atoms with Gasteiger partial charge in [-0.1, -0.05) is 54.1 Å². The van der Waals surface area contributed by atoms with Gasteiger partial charge in [-0.2, -0.15) is 0 Å². The van der Waals surface area contributed by atoms with Crippen LogP contribution in [0.3, 0.4) is 0 Å². The Morgan fingerprint density at radius 2 is 1.62 bits per heavy atom. The van der Waals surface area contributed by atoms with E-state index >= 15 is 0 Å². The highest BCUT2D eigenvalue weighted by atomic mass is 16.2. The molecule has 1 aliphatic rings. The predicted octanol–water partition coefficient (Wildman–Crippen LogP) is 2.99. The standard InChI is InChI=1S/C18H15NO2/c1-11-7-9-13(10-8-11)17-14-5-3-4-6-15(14)18(21)16(19-17)12(2)20/h3-10,16H,1-2H3. The molecular weight excluding hydrogens is 262 g/mol. The van der Waals surface area contributed by atoms with Crippen molar-refractivity contribution in [2.24, 2.45) is 4.99 Å². The average Bonchev–Trinajstić information content (AvgIpc) is 2.49. The molecule has 2 aromatic rings. The van der Waals surface area contributed by atoms with Crippen molar-refractivity contribution in [1.82, 2.24) is 0 Å². The van der Waals surface area contributed by atoms with E-state index in [2.05, 4.69) is 4.99 Å². The molecule has 0 bridgehead atoms.